The lowest BCUT2D eigenvalue weighted by Gasteiger charge is -2.07. The zero-order chi connectivity index (χ0) is 18.9. The predicted octanol–water partition coefficient (Wildman–Crippen LogP) is 3.43. The molecule has 0 aliphatic heterocycles. The van der Waals surface area contributed by atoms with Crippen molar-refractivity contribution in [3.8, 4) is 18.4 Å². The van der Waals surface area contributed by atoms with E-state index < -0.39 is 11.4 Å². The molecule has 2 aromatic rings. The third-order valence-corrected chi connectivity index (χ3v) is 3.39. The molecule has 2 rings (SSSR count). The van der Waals surface area contributed by atoms with Gasteiger partial charge >= 0.3 is 5.63 Å². The highest BCUT2D eigenvalue weighted by atomic mass is 16.4. The number of carbonyl (C=O) groups excluding carboxylic acids is 1. The third-order valence-electron chi connectivity index (χ3n) is 3.39. The van der Waals surface area contributed by atoms with Gasteiger partial charge in [0.05, 0.1) is 18.3 Å². The fourth-order valence-corrected chi connectivity index (χ4v) is 2.29. The number of aryl methyl sites for hydroxylation is 1. The monoisotopic (exact) mass is 344 g/mol. The third kappa shape index (κ3) is 4.83. The van der Waals surface area contributed by atoms with Gasteiger partial charge in [0.25, 0.3) is 0 Å². The van der Waals surface area contributed by atoms with E-state index in [2.05, 4.69) is 11.2 Å². The maximum atomic E-state index is 12.5. The van der Waals surface area contributed by atoms with Crippen molar-refractivity contribution in [1.82, 2.24) is 0 Å². The summed E-state index contributed by atoms with van der Waals surface area (Å²) in [6, 6.07) is 10.7. The van der Waals surface area contributed by atoms with Crippen molar-refractivity contribution in [1.29, 1.82) is 5.26 Å². The normalized spacial score (nSPS) is 10.6. The molecule has 5 nitrogen and oxygen atoms in total. The van der Waals surface area contributed by atoms with E-state index in [1.54, 1.807) is 31.2 Å². The van der Waals surface area contributed by atoms with Crippen LogP contribution in [0, 0.1) is 30.6 Å². The van der Waals surface area contributed by atoms with E-state index in [1.165, 1.54) is 12.2 Å². The van der Waals surface area contributed by atoms with Crippen molar-refractivity contribution in [3.05, 3.63) is 75.4 Å². The van der Waals surface area contributed by atoms with E-state index in [0.717, 1.165) is 11.1 Å². The van der Waals surface area contributed by atoms with Crippen LogP contribution >= 0.6 is 0 Å². The van der Waals surface area contributed by atoms with Gasteiger partial charge in [-0.3, -0.25) is 4.79 Å². The van der Waals surface area contributed by atoms with Crippen molar-refractivity contribution in [3.63, 3.8) is 0 Å². The second kappa shape index (κ2) is 8.86. The number of rotatable bonds is 6. The Kier molecular flexibility index (Phi) is 6.31. The summed E-state index contributed by atoms with van der Waals surface area (Å²) in [6.07, 6.45) is 11.2. The Morgan fingerprint density at radius 2 is 2.04 bits per heavy atom. The molecule has 1 N–H and O–H groups in total. The Morgan fingerprint density at radius 1 is 1.31 bits per heavy atom. The van der Waals surface area contributed by atoms with Gasteiger partial charge in [-0.15, -0.1) is 6.42 Å². The van der Waals surface area contributed by atoms with Gasteiger partial charge < -0.3 is 9.73 Å². The minimum atomic E-state index is -0.718. The largest absolute Gasteiger partial charge is 0.428 e. The van der Waals surface area contributed by atoms with Crippen LogP contribution in [0.2, 0.25) is 0 Å². The number of allylic oxidation sites excluding steroid dienone is 2. The summed E-state index contributed by atoms with van der Waals surface area (Å²) >= 11 is 0. The number of hydrogen-bond donors (Lipinski definition) is 1. The minimum absolute atomic E-state index is 0.0948. The van der Waals surface area contributed by atoms with Gasteiger partial charge in [0.1, 0.15) is 11.3 Å². The van der Waals surface area contributed by atoms with Crippen LogP contribution in [0.3, 0.4) is 0 Å². The lowest BCUT2D eigenvalue weighted by molar-refractivity contribution is 0.104. The van der Waals surface area contributed by atoms with Crippen molar-refractivity contribution >= 4 is 23.6 Å². The Balaban J connectivity index is 2.32. The summed E-state index contributed by atoms with van der Waals surface area (Å²) < 4.78 is 5.02. The molecule has 5 heteroatoms. The van der Waals surface area contributed by atoms with Gasteiger partial charge in [0.2, 0.25) is 0 Å². The van der Waals surface area contributed by atoms with E-state index >= 15 is 0 Å². The molecule has 0 aliphatic carbocycles. The first-order valence-electron chi connectivity index (χ1n) is 7.76. The van der Waals surface area contributed by atoms with Crippen molar-refractivity contribution < 1.29 is 9.21 Å². The molecule has 0 radical (unpaired) electrons. The van der Waals surface area contributed by atoms with Crippen LogP contribution in [0.4, 0.5) is 5.69 Å². The molecular formula is C21H16N2O3. The number of nitriles is 1. The van der Waals surface area contributed by atoms with Crippen molar-refractivity contribution in [2.45, 2.75) is 6.92 Å². The highest BCUT2D eigenvalue weighted by Crippen LogP contribution is 2.16. The zero-order valence-corrected chi connectivity index (χ0v) is 14.2. The Labute approximate surface area is 151 Å². The van der Waals surface area contributed by atoms with E-state index in [1.807, 2.05) is 24.3 Å². The number of anilines is 1. The van der Waals surface area contributed by atoms with Crippen LogP contribution in [0.1, 0.15) is 27.2 Å². The minimum Gasteiger partial charge on any atom is -0.428 e. The van der Waals surface area contributed by atoms with Gasteiger partial charge in [-0.2, -0.15) is 5.26 Å². The molecule has 0 saturated heterocycles. The maximum Gasteiger partial charge on any atom is 0.349 e. The van der Waals surface area contributed by atoms with Crippen LogP contribution in [0.25, 0.3) is 12.2 Å². The average Bonchev–Trinajstić information content (AvgIpc) is 2.62. The topological polar surface area (TPSA) is 83.1 Å². The maximum absolute atomic E-state index is 12.5. The van der Waals surface area contributed by atoms with Gasteiger partial charge in [0.15, 0.2) is 5.78 Å². The molecule has 0 aliphatic rings. The Hall–Kier alpha value is -3.83. The molecule has 0 saturated carbocycles. The molecule has 0 bridgehead atoms. The second-order valence-electron chi connectivity index (χ2n) is 5.32. The van der Waals surface area contributed by atoms with Gasteiger partial charge in [0, 0.05) is 12.1 Å². The molecule has 128 valence electrons. The summed E-state index contributed by atoms with van der Waals surface area (Å²) in [6.45, 7) is 1.80. The highest BCUT2D eigenvalue weighted by Gasteiger charge is 2.16. The van der Waals surface area contributed by atoms with Gasteiger partial charge in [-0.25, -0.2) is 4.79 Å². The molecule has 0 atom stereocenters. The summed E-state index contributed by atoms with van der Waals surface area (Å²) in [5, 5.41) is 11.4. The Morgan fingerprint density at radius 3 is 2.73 bits per heavy atom. The van der Waals surface area contributed by atoms with E-state index in [0.29, 0.717) is 11.4 Å². The highest BCUT2D eigenvalue weighted by molar-refractivity contribution is 6.10. The van der Waals surface area contributed by atoms with Crippen molar-refractivity contribution in [2.75, 3.05) is 11.9 Å². The van der Waals surface area contributed by atoms with Crippen LogP contribution in [0.5, 0.6) is 0 Å². The van der Waals surface area contributed by atoms with Crippen LogP contribution in [-0.2, 0) is 0 Å². The molecule has 0 fully saturated rings. The lowest BCUT2D eigenvalue weighted by atomic mass is 10.1. The van der Waals surface area contributed by atoms with Crippen molar-refractivity contribution in [2.24, 2.45) is 0 Å². The summed E-state index contributed by atoms with van der Waals surface area (Å²) in [7, 11) is 0. The molecule has 0 spiro atoms. The standard InChI is InChI=1S/C21H16N2O3/c1-3-12-23-18-13-15(2)26-21(25)20(18)19(24)10-9-17-7-4-6-16(14-17)8-5-11-22/h1,4-10,13-14,23H,12H2,2H3. The smallest absolute Gasteiger partial charge is 0.349 e. The number of nitrogens with one attached hydrogen (secondary N) is 1. The summed E-state index contributed by atoms with van der Waals surface area (Å²) in [5.74, 6) is 2.29. The number of ketones is 1. The first-order valence-corrected chi connectivity index (χ1v) is 7.76. The molecule has 0 amide bonds. The number of carbonyl (C=O) groups is 1. The van der Waals surface area contributed by atoms with Crippen LogP contribution in [0.15, 0.2) is 51.7 Å². The second-order valence-corrected chi connectivity index (χ2v) is 5.32. The van der Waals surface area contributed by atoms with E-state index in [4.69, 9.17) is 16.1 Å². The number of benzene rings is 1. The number of hydrogen-bond acceptors (Lipinski definition) is 5. The first kappa shape index (κ1) is 18.5. The first-order chi connectivity index (χ1) is 12.5. The number of terminal acetylenes is 1. The molecule has 1 aromatic heterocycles. The summed E-state index contributed by atoms with van der Waals surface area (Å²) in [5.41, 5.74) is 1.12. The SMILES string of the molecule is C#CCNc1cc(C)oc(=O)c1C(=O)C=Cc1cccc(C=CC#N)c1. The van der Waals surface area contributed by atoms with E-state index in [-0.39, 0.29) is 12.1 Å². The molecule has 0 unspecified atom stereocenters. The average molecular weight is 344 g/mol. The van der Waals surface area contributed by atoms with Crippen LogP contribution < -0.4 is 10.9 Å². The predicted molar refractivity (Wildman–Crippen MR) is 101 cm³/mol. The lowest BCUT2D eigenvalue weighted by Crippen LogP contribution is -2.17. The van der Waals surface area contributed by atoms with E-state index in [9.17, 15) is 9.59 Å². The molecule has 26 heavy (non-hydrogen) atoms. The molecular weight excluding hydrogens is 328 g/mol. The zero-order valence-electron chi connectivity index (χ0n) is 14.2. The van der Waals surface area contributed by atoms with Crippen LogP contribution in [-0.4, -0.2) is 12.3 Å². The molecule has 1 heterocycles. The number of nitrogens with zero attached hydrogens (tertiary/aromatic N) is 1. The fourth-order valence-electron chi connectivity index (χ4n) is 2.29. The van der Waals surface area contributed by atoms with Gasteiger partial charge in [-0.1, -0.05) is 30.2 Å². The summed E-state index contributed by atoms with van der Waals surface area (Å²) in [4.78, 5) is 24.6. The fraction of sp³-hybridized carbons (Fsp3) is 0.0952. The molecule has 1 aromatic carbocycles. The Bertz CT molecular complexity index is 1010. The quantitative estimate of drug-likeness (QED) is 0.376. The van der Waals surface area contributed by atoms with Gasteiger partial charge in [-0.05, 0) is 36.3 Å².